The van der Waals surface area contributed by atoms with Crippen molar-refractivity contribution in [2.24, 2.45) is 0 Å². The second-order valence-electron chi connectivity index (χ2n) is 6.52. The fraction of sp³-hybridized carbons (Fsp3) is 0.143. The van der Waals surface area contributed by atoms with Crippen LogP contribution in [0, 0.1) is 18.6 Å². The van der Waals surface area contributed by atoms with E-state index in [1.807, 2.05) is 56.3 Å². The van der Waals surface area contributed by atoms with Crippen molar-refractivity contribution in [2.45, 2.75) is 6.92 Å². The minimum Gasteiger partial charge on any atom is -0.377 e. The molecule has 3 nitrogen and oxygen atoms in total. The molecule has 0 saturated carbocycles. The molecular formula is C21H17F2N3. The van der Waals surface area contributed by atoms with E-state index in [2.05, 4.69) is 16.0 Å². The number of hydrogen-bond acceptors (Lipinski definition) is 3. The molecule has 1 heterocycles. The zero-order chi connectivity index (χ0) is 18.4. The van der Waals surface area contributed by atoms with Crippen molar-refractivity contribution in [1.82, 2.24) is 9.97 Å². The summed E-state index contributed by atoms with van der Waals surface area (Å²) in [6.45, 7) is 1.83. The van der Waals surface area contributed by atoms with Crippen LogP contribution in [0.3, 0.4) is 0 Å². The Morgan fingerprint density at radius 1 is 0.846 bits per heavy atom. The monoisotopic (exact) mass is 349 g/mol. The third kappa shape index (κ3) is 2.65. The van der Waals surface area contributed by atoms with Crippen molar-refractivity contribution in [3.8, 4) is 11.3 Å². The number of nitrogens with zero attached hydrogens (tertiary/aromatic N) is 3. The number of anilines is 1. The molecule has 0 unspecified atom stereocenters. The van der Waals surface area contributed by atoms with Gasteiger partial charge in [0.15, 0.2) is 11.6 Å². The Balaban J connectivity index is 2.00. The summed E-state index contributed by atoms with van der Waals surface area (Å²) in [7, 11) is 3.98. The maximum Gasteiger partial charge on any atom is 0.161 e. The average molecular weight is 349 g/mol. The highest BCUT2D eigenvalue weighted by Crippen LogP contribution is 2.33. The molecule has 0 aliphatic rings. The summed E-state index contributed by atoms with van der Waals surface area (Å²) in [4.78, 5) is 11.0. The molecule has 0 radical (unpaired) electrons. The summed E-state index contributed by atoms with van der Waals surface area (Å²) < 4.78 is 27.1. The van der Waals surface area contributed by atoms with Gasteiger partial charge in [-0.25, -0.2) is 18.7 Å². The smallest absolute Gasteiger partial charge is 0.161 e. The highest BCUT2D eigenvalue weighted by atomic mass is 19.2. The van der Waals surface area contributed by atoms with Crippen molar-refractivity contribution >= 4 is 27.5 Å². The van der Waals surface area contributed by atoms with Crippen LogP contribution in [0.2, 0.25) is 0 Å². The maximum atomic E-state index is 13.6. The maximum absolute atomic E-state index is 13.6. The third-order valence-corrected chi connectivity index (χ3v) is 4.48. The van der Waals surface area contributed by atoms with Crippen LogP contribution in [0.15, 0.2) is 48.5 Å². The molecule has 130 valence electrons. The van der Waals surface area contributed by atoms with Crippen LogP contribution >= 0.6 is 0 Å². The molecule has 0 spiro atoms. The molecule has 0 aliphatic carbocycles. The molecule has 5 heteroatoms. The Kier molecular flexibility index (Phi) is 3.80. The summed E-state index contributed by atoms with van der Waals surface area (Å²) in [6, 6.07) is 14.4. The summed E-state index contributed by atoms with van der Waals surface area (Å²) in [6.07, 6.45) is 0. The van der Waals surface area contributed by atoms with Gasteiger partial charge in [-0.1, -0.05) is 24.3 Å². The second kappa shape index (κ2) is 6.02. The topological polar surface area (TPSA) is 29.0 Å². The molecule has 26 heavy (non-hydrogen) atoms. The molecule has 0 bridgehead atoms. The highest BCUT2D eigenvalue weighted by molar-refractivity contribution is 5.98. The lowest BCUT2D eigenvalue weighted by Gasteiger charge is -2.18. The molecule has 3 aromatic carbocycles. The predicted molar refractivity (Wildman–Crippen MR) is 101 cm³/mol. The van der Waals surface area contributed by atoms with E-state index in [1.165, 1.54) is 0 Å². The van der Waals surface area contributed by atoms with E-state index in [0.29, 0.717) is 22.4 Å². The average Bonchev–Trinajstić information content (AvgIpc) is 2.61. The fourth-order valence-electron chi connectivity index (χ4n) is 3.21. The largest absolute Gasteiger partial charge is 0.377 e. The first-order valence-corrected chi connectivity index (χ1v) is 8.28. The molecular weight excluding hydrogens is 332 g/mol. The second-order valence-corrected chi connectivity index (χ2v) is 6.52. The van der Waals surface area contributed by atoms with Crippen molar-refractivity contribution in [1.29, 1.82) is 0 Å². The van der Waals surface area contributed by atoms with Gasteiger partial charge < -0.3 is 4.90 Å². The van der Waals surface area contributed by atoms with E-state index in [1.54, 1.807) is 0 Å². The van der Waals surface area contributed by atoms with Crippen molar-refractivity contribution < 1.29 is 8.78 Å². The van der Waals surface area contributed by atoms with Gasteiger partial charge in [0.25, 0.3) is 0 Å². The summed E-state index contributed by atoms with van der Waals surface area (Å²) in [5.74, 6) is -1.84. The van der Waals surface area contributed by atoms with Crippen LogP contribution in [-0.4, -0.2) is 24.1 Å². The quantitative estimate of drug-likeness (QED) is 0.504. The van der Waals surface area contributed by atoms with Gasteiger partial charge in [0.1, 0.15) is 0 Å². The number of halogens is 2. The van der Waals surface area contributed by atoms with Crippen molar-refractivity contribution in [2.75, 3.05) is 19.0 Å². The van der Waals surface area contributed by atoms with Gasteiger partial charge in [-0.3, -0.25) is 0 Å². The number of benzene rings is 3. The lowest BCUT2D eigenvalue weighted by Crippen LogP contribution is -2.09. The fourth-order valence-corrected chi connectivity index (χ4v) is 3.21. The van der Waals surface area contributed by atoms with Gasteiger partial charge in [0.2, 0.25) is 0 Å². The first-order chi connectivity index (χ1) is 12.4. The SMILES string of the molecule is Cc1nc2cc(F)c(F)cc2nc1-c1cc(N(C)C)c2ccccc2c1. The molecule has 4 rings (SSSR count). The van der Waals surface area contributed by atoms with Crippen molar-refractivity contribution in [3.05, 3.63) is 65.9 Å². The zero-order valence-electron chi connectivity index (χ0n) is 14.7. The molecule has 0 N–H and O–H groups in total. The minimum absolute atomic E-state index is 0.337. The van der Waals surface area contributed by atoms with Gasteiger partial charge in [0.05, 0.1) is 22.4 Å². The van der Waals surface area contributed by atoms with Crippen LogP contribution < -0.4 is 4.90 Å². The number of fused-ring (bicyclic) bond motifs is 2. The van der Waals surface area contributed by atoms with E-state index in [0.717, 1.165) is 34.2 Å². The van der Waals surface area contributed by atoms with Crippen LogP contribution in [0.1, 0.15) is 5.69 Å². The Morgan fingerprint density at radius 2 is 1.50 bits per heavy atom. The van der Waals surface area contributed by atoms with Crippen LogP contribution in [0.4, 0.5) is 14.5 Å². The van der Waals surface area contributed by atoms with Gasteiger partial charge in [-0.15, -0.1) is 0 Å². The number of aromatic nitrogens is 2. The van der Waals surface area contributed by atoms with Crippen LogP contribution in [-0.2, 0) is 0 Å². The Labute approximate surface area is 149 Å². The van der Waals surface area contributed by atoms with E-state index >= 15 is 0 Å². The third-order valence-electron chi connectivity index (χ3n) is 4.48. The zero-order valence-corrected chi connectivity index (χ0v) is 14.7. The van der Waals surface area contributed by atoms with E-state index in [4.69, 9.17) is 0 Å². The first kappa shape index (κ1) is 16.4. The summed E-state index contributed by atoms with van der Waals surface area (Å²) in [5.41, 5.74) is 3.97. The number of rotatable bonds is 2. The van der Waals surface area contributed by atoms with E-state index in [-0.39, 0.29) is 0 Å². The molecule has 1 aromatic heterocycles. The summed E-state index contributed by atoms with van der Waals surface area (Å²) >= 11 is 0. The molecule has 0 fully saturated rings. The van der Waals surface area contributed by atoms with Crippen molar-refractivity contribution in [3.63, 3.8) is 0 Å². The summed E-state index contributed by atoms with van der Waals surface area (Å²) in [5, 5.41) is 2.22. The Morgan fingerprint density at radius 3 is 2.19 bits per heavy atom. The predicted octanol–water partition coefficient (Wildman–Crippen LogP) is 5.10. The lowest BCUT2D eigenvalue weighted by atomic mass is 10.0. The van der Waals surface area contributed by atoms with Crippen LogP contribution in [0.5, 0.6) is 0 Å². The highest BCUT2D eigenvalue weighted by Gasteiger charge is 2.14. The molecule has 4 aromatic rings. The van der Waals surface area contributed by atoms with Gasteiger partial charge in [-0.2, -0.15) is 0 Å². The van der Waals surface area contributed by atoms with Gasteiger partial charge >= 0.3 is 0 Å². The van der Waals surface area contributed by atoms with Crippen LogP contribution in [0.25, 0.3) is 33.1 Å². The van der Waals surface area contributed by atoms with Gasteiger partial charge in [0, 0.05) is 42.9 Å². The minimum atomic E-state index is -0.922. The van der Waals surface area contributed by atoms with E-state index in [9.17, 15) is 8.78 Å². The van der Waals surface area contributed by atoms with E-state index < -0.39 is 11.6 Å². The van der Waals surface area contributed by atoms with Gasteiger partial charge in [-0.05, 0) is 24.4 Å². The Bertz CT molecular complexity index is 1150. The standard InChI is InChI=1S/C21H17F2N3/c1-12-21(25-19-11-17(23)16(22)10-18(19)24-12)14-8-13-6-4-5-7-15(13)20(9-14)26(2)3/h4-11H,1-3H3. The molecule has 0 saturated heterocycles. The number of hydrogen-bond donors (Lipinski definition) is 0. The number of aryl methyl sites for hydroxylation is 1. The molecule has 0 atom stereocenters. The normalized spacial score (nSPS) is 11.3. The molecule has 0 amide bonds. The first-order valence-electron chi connectivity index (χ1n) is 8.28. The Hall–Kier alpha value is -3.08. The molecule has 0 aliphatic heterocycles. The lowest BCUT2D eigenvalue weighted by molar-refractivity contribution is 0.510.